The molecular weight excluding hydrogens is 390 g/mol. The Morgan fingerprint density at radius 1 is 1.10 bits per heavy atom. The fraction of sp³-hybridized carbons (Fsp3) is 0.292. The van der Waals surface area contributed by atoms with E-state index in [2.05, 4.69) is 15.1 Å². The van der Waals surface area contributed by atoms with Crippen molar-refractivity contribution in [3.8, 4) is 11.3 Å². The lowest BCUT2D eigenvalue weighted by molar-refractivity contribution is 0.0712. The Labute approximate surface area is 180 Å². The Balaban J connectivity index is 1.34. The number of aromatic nitrogens is 4. The molecule has 1 saturated heterocycles. The van der Waals surface area contributed by atoms with E-state index in [0.717, 1.165) is 46.5 Å². The maximum Gasteiger partial charge on any atom is 0.253 e. The molecule has 156 valence electrons. The number of benzene rings is 1. The summed E-state index contributed by atoms with van der Waals surface area (Å²) in [6.45, 7) is 5.17. The third kappa shape index (κ3) is 3.79. The summed E-state index contributed by atoms with van der Waals surface area (Å²) >= 11 is 0. The molecule has 0 spiro atoms. The first-order valence-corrected chi connectivity index (χ1v) is 10.5. The van der Waals surface area contributed by atoms with E-state index in [1.807, 2.05) is 61.3 Å². The Morgan fingerprint density at radius 2 is 1.94 bits per heavy atom. The van der Waals surface area contributed by atoms with Gasteiger partial charge >= 0.3 is 0 Å². The molecule has 0 atom stereocenters. The molecule has 1 fully saturated rings. The zero-order valence-corrected chi connectivity index (χ0v) is 17.6. The lowest BCUT2D eigenvalue weighted by Gasteiger charge is -2.32. The van der Waals surface area contributed by atoms with Crippen LogP contribution in [0.2, 0.25) is 0 Å². The SMILES string of the molecule is Cc1cc(-c2cnc(C)nc2C2CCN(C(=O)c3ccc4ncccc4c3)CC2)on1. The molecule has 4 heterocycles. The Morgan fingerprint density at radius 3 is 2.71 bits per heavy atom. The summed E-state index contributed by atoms with van der Waals surface area (Å²) in [5.41, 5.74) is 4.29. The van der Waals surface area contributed by atoms with Crippen LogP contribution in [0.4, 0.5) is 0 Å². The molecule has 0 N–H and O–H groups in total. The fourth-order valence-electron chi connectivity index (χ4n) is 4.23. The van der Waals surface area contributed by atoms with E-state index in [4.69, 9.17) is 9.51 Å². The molecule has 3 aromatic heterocycles. The third-order valence-electron chi connectivity index (χ3n) is 5.85. The maximum absolute atomic E-state index is 13.1. The summed E-state index contributed by atoms with van der Waals surface area (Å²) in [5.74, 6) is 1.73. The number of amides is 1. The first-order valence-electron chi connectivity index (χ1n) is 10.5. The zero-order chi connectivity index (χ0) is 21.4. The molecule has 1 aromatic carbocycles. The van der Waals surface area contributed by atoms with Gasteiger partial charge in [-0.3, -0.25) is 9.78 Å². The number of hydrogen-bond acceptors (Lipinski definition) is 6. The van der Waals surface area contributed by atoms with E-state index >= 15 is 0 Å². The second kappa shape index (κ2) is 7.91. The quantitative estimate of drug-likeness (QED) is 0.497. The van der Waals surface area contributed by atoms with Crippen molar-refractivity contribution in [2.45, 2.75) is 32.6 Å². The van der Waals surface area contributed by atoms with Crippen molar-refractivity contribution in [3.63, 3.8) is 0 Å². The monoisotopic (exact) mass is 413 g/mol. The highest BCUT2D eigenvalue weighted by Gasteiger charge is 2.28. The number of aryl methyl sites for hydroxylation is 2. The molecule has 1 amide bonds. The van der Waals surface area contributed by atoms with Crippen molar-refractivity contribution in [1.29, 1.82) is 0 Å². The van der Waals surface area contributed by atoms with Gasteiger partial charge in [-0.05, 0) is 51.0 Å². The van der Waals surface area contributed by atoms with Gasteiger partial charge < -0.3 is 9.42 Å². The number of hydrogen-bond donors (Lipinski definition) is 0. The van der Waals surface area contributed by atoms with Gasteiger partial charge in [0.2, 0.25) is 0 Å². The smallest absolute Gasteiger partial charge is 0.253 e. The van der Waals surface area contributed by atoms with Crippen molar-refractivity contribution in [2.75, 3.05) is 13.1 Å². The van der Waals surface area contributed by atoms with Gasteiger partial charge in [0.25, 0.3) is 5.91 Å². The molecule has 0 radical (unpaired) electrons. The van der Waals surface area contributed by atoms with Crippen LogP contribution in [0.25, 0.3) is 22.2 Å². The van der Waals surface area contributed by atoms with Crippen LogP contribution < -0.4 is 0 Å². The Kier molecular flexibility index (Phi) is 4.94. The number of nitrogens with zero attached hydrogens (tertiary/aromatic N) is 5. The summed E-state index contributed by atoms with van der Waals surface area (Å²) in [7, 11) is 0. The number of fused-ring (bicyclic) bond motifs is 1. The van der Waals surface area contributed by atoms with Crippen LogP contribution in [0, 0.1) is 13.8 Å². The highest BCUT2D eigenvalue weighted by molar-refractivity contribution is 5.98. The van der Waals surface area contributed by atoms with Crippen LogP contribution >= 0.6 is 0 Å². The molecule has 1 aliphatic rings. The predicted octanol–water partition coefficient (Wildman–Crippen LogP) is 4.32. The summed E-state index contributed by atoms with van der Waals surface area (Å²) in [4.78, 5) is 28.4. The van der Waals surface area contributed by atoms with E-state index in [1.54, 1.807) is 6.20 Å². The zero-order valence-electron chi connectivity index (χ0n) is 17.6. The Bertz CT molecular complexity index is 1260. The standard InChI is InChI=1S/C24H23N5O2/c1-15-12-22(31-28-15)20-14-26-16(2)27-23(20)17-7-10-29(11-8-17)24(30)19-5-6-21-18(13-19)4-3-9-25-21/h3-6,9,12-14,17H,7-8,10-11H2,1-2H3. The van der Waals surface area contributed by atoms with E-state index < -0.39 is 0 Å². The van der Waals surface area contributed by atoms with Gasteiger partial charge in [0.1, 0.15) is 5.82 Å². The number of carbonyl (C=O) groups excluding carboxylic acids is 1. The van der Waals surface area contributed by atoms with Crippen LogP contribution in [0.5, 0.6) is 0 Å². The highest BCUT2D eigenvalue weighted by atomic mass is 16.5. The molecule has 0 bridgehead atoms. The summed E-state index contributed by atoms with van der Waals surface area (Å²) in [6.07, 6.45) is 5.27. The van der Waals surface area contributed by atoms with Crippen LogP contribution in [0.1, 0.15) is 46.3 Å². The maximum atomic E-state index is 13.1. The van der Waals surface area contributed by atoms with E-state index in [0.29, 0.717) is 24.4 Å². The van der Waals surface area contributed by atoms with Crippen LogP contribution in [-0.4, -0.2) is 44.0 Å². The lowest BCUT2D eigenvalue weighted by Crippen LogP contribution is -2.38. The average Bonchev–Trinajstić information content (AvgIpc) is 3.24. The normalized spacial score (nSPS) is 14.8. The third-order valence-corrected chi connectivity index (χ3v) is 5.85. The topological polar surface area (TPSA) is 85.0 Å². The molecule has 7 heteroatoms. The van der Waals surface area contributed by atoms with Crippen molar-refractivity contribution < 1.29 is 9.32 Å². The van der Waals surface area contributed by atoms with Gasteiger partial charge in [-0.1, -0.05) is 11.2 Å². The molecule has 0 saturated carbocycles. The van der Waals surface area contributed by atoms with Crippen LogP contribution in [-0.2, 0) is 0 Å². The van der Waals surface area contributed by atoms with Gasteiger partial charge in [-0.15, -0.1) is 0 Å². The Hall–Kier alpha value is -3.61. The molecule has 5 rings (SSSR count). The molecule has 31 heavy (non-hydrogen) atoms. The fourth-order valence-corrected chi connectivity index (χ4v) is 4.23. The minimum Gasteiger partial charge on any atom is -0.356 e. The second-order valence-electron chi connectivity index (χ2n) is 8.03. The van der Waals surface area contributed by atoms with Gasteiger partial charge in [0, 0.05) is 48.4 Å². The molecule has 7 nitrogen and oxygen atoms in total. The van der Waals surface area contributed by atoms with Crippen molar-refractivity contribution in [1.82, 2.24) is 25.0 Å². The number of piperidine rings is 1. The van der Waals surface area contributed by atoms with Crippen molar-refractivity contribution in [3.05, 3.63) is 71.6 Å². The summed E-state index contributed by atoms with van der Waals surface area (Å²) in [5, 5.41) is 4.98. The molecule has 1 aliphatic heterocycles. The van der Waals surface area contributed by atoms with Gasteiger partial charge in [-0.2, -0.15) is 0 Å². The van der Waals surface area contributed by atoms with Gasteiger partial charge in [0.05, 0.1) is 22.5 Å². The van der Waals surface area contributed by atoms with Crippen LogP contribution in [0.3, 0.4) is 0 Å². The van der Waals surface area contributed by atoms with E-state index in [-0.39, 0.29) is 11.8 Å². The van der Waals surface area contributed by atoms with Gasteiger partial charge in [-0.25, -0.2) is 9.97 Å². The number of rotatable bonds is 3. The number of carbonyl (C=O) groups is 1. The van der Waals surface area contributed by atoms with Crippen LogP contribution in [0.15, 0.2) is 53.3 Å². The molecule has 4 aromatic rings. The largest absolute Gasteiger partial charge is 0.356 e. The molecule has 0 aliphatic carbocycles. The molecule has 0 unspecified atom stereocenters. The lowest BCUT2D eigenvalue weighted by atomic mass is 9.90. The molecular formula is C24H23N5O2. The second-order valence-corrected chi connectivity index (χ2v) is 8.03. The first-order chi connectivity index (χ1) is 15.1. The van der Waals surface area contributed by atoms with Crippen molar-refractivity contribution in [2.24, 2.45) is 0 Å². The summed E-state index contributed by atoms with van der Waals surface area (Å²) in [6, 6.07) is 11.5. The summed E-state index contributed by atoms with van der Waals surface area (Å²) < 4.78 is 5.47. The average molecular weight is 413 g/mol. The van der Waals surface area contributed by atoms with Crippen molar-refractivity contribution >= 4 is 16.8 Å². The van der Waals surface area contributed by atoms with E-state index in [9.17, 15) is 4.79 Å². The minimum absolute atomic E-state index is 0.0640. The first kappa shape index (κ1) is 19.4. The minimum atomic E-state index is 0.0640. The van der Waals surface area contributed by atoms with E-state index in [1.165, 1.54) is 0 Å². The van der Waals surface area contributed by atoms with Gasteiger partial charge in [0.15, 0.2) is 5.76 Å². The number of pyridine rings is 1. The predicted molar refractivity (Wildman–Crippen MR) is 117 cm³/mol. The number of likely N-dealkylation sites (tertiary alicyclic amines) is 1. The highest BCUT2D eigenvalue weighted by Crippen LogP contribution is 2.34.